The van der Waals surface area contributed by atoms with E-state index in [9.17, 15) is 0 Å². The van der Waals surface area contributed by atoms with Crippen molar-refractivity contribution in [2.45, 2.75) is 32.1 Å². The van der Waals surface area contributed by atoms with E-state index in [1.807, 2.05) is 18.2 Å². The summed E-state index contributed by atoms with van der Waals surface area (Å²) >= 11 is 0. The molecule has 0 bridgehead atoms. The fourth-order valence-electron chi connectivity index (χ4n) is 1.95. The Morgan fingerprint density at radius 2 is 2.24 bits per heavy atom. The van der Waals surface area contributed by atoms with Crippen molar-refractivity contribution in [1.29, 1.82) is 0 Å². The number of rotatable bonds is 4. The lowest BCUT2D eigenvalue weighted by atomic mass is 10.2. The van der Waals surface area contributed by atoms with Crippen LogP contribution in [0.3, 0.4) is 0 Å². The first-order valence-electron chi connectivity index (χ1n) is 6.33. The first-order chi connectivity index (χ1) is 8.36. The van der Waals surface area contributed by atoms with Gasteiger partial charge in [-0.3, -0.25) is 0 Å². The van der Waals surface area contributed by atoms with Gasteiger partial charge < -0.3 is 14.8 Å². The number of hydrogen-bond acceptors (Lipinski definition) is 3. The van der Waals surface area contributed by atoms with E-state index in [0.29, 0.717) is 12.6 Å². The summed E-state index contributed by atoms with van der Waals surface area (Å²) in [4.78, 5) is 0. The Kier molecular flexibility index (Phi) is 4.98. The normalized spacial score (nSPS) is 23.0. The van der Waals surface area contributed by atoms with Gasteiger partial charge >= 0.3 is 0 Å². The van der Waals surface area contributed by atoms with E-state index in [1.54, 1.807) is 0 Å². The van der Waals surface area contributed by atoms with Crippen molar-refractivity contribution in [3.8, 4) is 0 Å². The van der Waals surface area contributed by atoms with E-state index < -0.39 is 0 Å². The molecule has 17 heavy (non-hydrogen) atoms. The van der Waals surface area contributed by atoms with Crippen molar-refractivity contribution in [1.82, 2.24) is 5.32 Å². The third-order valence-electron chi connectivity index (χ3n) is 3.09. The average molecular weight is 235 g/mol. The standard InChI is InChI=1S/C14H21NO2/c1-12(14-11-16-9-5-8-15-14)17-10-13-6-3-2-4-7-13/h2-4,6-7,12,14-15H,5,8-11H2,1H3/t12-,14-/m0/s1. The Morgan fingerprint density at radius 1 is 1.41 bits per heavy atom. The van der Waals surface area contributed by atoms with Crippen molar-refractivity contribution in [3.05, 3.63) is 35.9 Å². The molecule has 1 aromatic carbocycles. The highest BCUT2D eigenvalue weighted by molar-refractivity contribution is 5.13. The van der Waals surface area contributed by atoms with Gasteiger partial charge in [-0.15, -0.1) is 0 Å². The van der Waals surface area contributed by atoms with Gasteiger partial charge in [-0.1, -0.05) is 30.3 Å². The van der Waals surface area contributed by atoms with Crippen LogP contribution in [0, 0.1) is 0 Å². The first kappa shape index (κ1) is 12.6. The molecular formula is C14H21NO2. The van der Waals surface area contributed by atoms with Crippen LogP contribution in [0.25, 0.3) is 0 Å². The summed E-state index contributed by atoms with van der Waals surface area (Å²) in [6.07, 6.45) is 1.26. The Bertz CT molecular complexity index is 307. The van der Waals surface area contributed by atoms with Crippen molar-refractivity contribution >= 4 is 0 Å². The minimum absolute atomic E-state index is 0.174. The van der Waals surface area contributed by atoms with Crippen LogP contribution in [0.2, 0.25) is 0 Å². The van der Waals surface area contributed by atoms with E-state index in [-0.39, 0.29) is 6.10 Å². The second-order valence-electron chi connectivity index (χ2n) is 4.49. The summed E-state index contributed by atoms with van der Waals surface area (Å²) in [5.41, 5.74) is 1.22. The highest BCUT2D eigenvalue weighted by Crippen LogP contribution is 2.08. The Morgan fingerprint density at radius 3 is 3.06 bits per heavy atom. The average Bonchev–Trinajstić information content (AvgIpc) is 2.66. The summed E-state index contributed by atoms with van der Waals surface area (Å²) < 4.78 is 11.4. The van der Waals surface area contributed by atoms with Gasteiger partial charge in [0.1, 0.15) is 0 Å². The van der Waals surface area contributed by atoms with Crippen LogP contribution in [0.1, 0.15) is 18.9 Å². The van der Waals surface area contributed by atoms with Gasteiger partial charge in [-0.2, -0.15) is 0 Å². The lowest BCUT2D eigenvalue weighted by Gasteiger charge is -2.23. The molecule has 0 aromatic heterocycles. The van der Waals surface area contributed by atoms with Gasteiger partial charge in [-0.05, 0) is 25.5 Å². The van der Waals surface area contributed by atoms with Gasteiger partial charge in [-0.25, -0.2) is 0 Å². The maximum Gasteiger partial charge on any atom is 0.0727 e. The van der Waals surface area contributed by atoms with Crippen LogP contribution in [0.5, 0.6) is 0 Å². The largest absolute Gasteiger partial charge is 0.380 e. The molecule has 0 saturated carbocycles. The summed E-state index contributed by atoms with van der Waals surface area (Å²) in [6, 6.07) is 10.6. The Hall–Kier alpha value is -0.900. The van der Waals surface area contributed by atoms with Crippen molar-refractivity contribution in [2.75, 3.05) is 19.8 Å². The number of benzene rings is 1. The monoisotopic (exact) mass is 235 g/mol. The SMILES string of the molecule is C[C@H](OCc1ccccc1)[C@@H]1COCCCN1. The fourth-order valence-corrected chi connectivity index (χ4v) is 1.95. The van der Waals surface area contributed by atoms with Crippen molar-refractivity contribution < 1.29 is 9.47 Å². The zero-order chi connectivity index (χ0) is 11.9. The van der Waals surface area contributed by atoms with E-state index in [1.165, 1.54) is 5.56 Å². The summed E-state index contributed by atoms with van der Waals surface area (Å²) in [5, 5.41) is 3.47. The lowest BCUT2D eigenvalue weighted by Crippen LogP contribution is -2.42. The molecule has 1 aromatic rings. The predicted molar refractivity (Wildman–Crippen MR) is 67.9 cm³/mol. The molecule has 2 rings (SSSR count). The van der Waals surface area contributed by atoms with Gasteiger partial charge in [0.25, 0.3) is 0 Å². The zero-order valence-electron chi connectivity index (χ0n) is 10.4. The molecule has 1 aliphatic rings. The van der Waals surface area contributed by atoms with Crippen LogP contribution in [-0.2, 0) is 16.1 Å². The topological polar surface area (TPSA) is 30.5 Å². The molecule has 0 unspecified atom stereocenters. The summed E-state index contributed by atoms with van der Waals surface area (Å²) in [6.45, 7) is 5.39. The first-order valence-corrected chi connectivity index (χ1v) is 6.33. The number of nitrogens with one attached hydrogen (secondary N) is 1. The van der Waals surface area contributed by atoms with Crippen LogP contribution in [-0.4, -0.2) is 31.9 Å². The molecule has 0 radical (unpaired) electrons. The second-order valence-corrected chi connectivity index (χ2v) is 4.49. The van der Waals surface area contributed by atoms with E-state index >= 15 is 0 Å². The van der Waals surface area contributed by atoms with Gasteiger partial charge in [0.15, 0.2) is 0 Å². The molecule has 1 fully saturated rings. The minimum Gasteiger partial charge on any atom is -0.380 e. The van der Waals surface area contributed by atoms with Crippen LogP contribution < -0.4 is 5.32 Å². The number of hydrogen-bond donors (Lipinski definition) is 1. The predicted octanol–water partition coefficient (Wildman–Crippen LogP) is 1.97. The van der Waals surface area contributed by atoms with Crippen LogP contribution >= 0.6 is 0 Å². The summed E-state index contributed by atoms with van der Waals surface area (Å²) in [7, 11) is 0. The highest BCUT2D eigenvalue weighted by Gasteiger charge is 2.19. The Balaban J connectivity index is 1.78. The smallest absolute Gasteiger partial charge is 0.0727 e. The maximum absolute atomic E-state index is 5.88. The van der Waals surface area contributed by atoms with E-state index in [2.05, 4.69) is 24.4 Å². The molecule has 0 amide bonds. The molecule has 1 N–H and O–H groups in total. The van der Waals surface area contributed by atoms with Gasteiger partial charge in [0, 0.05) is 6.61 Å². The second kappa shape index (κ2) is 6.74. The van der Waals surface area contributed by atoms with Crippen molar-refractivity contribution in [2.24, 2.45) is 0 Å². The highest BCUT2D eigenvalue weighted by atomic mass is 16.5. The van der Waals surface area contributed by atoms with Gasteiger partial charge in [0.2, 0.25) is 0 Å². The van der Waals surface area contributed by atoms with Gasteiger partial charge in [0.05, 0.1) is 25.4 Å². The molecule has 3 nitrogen and oxygen atoms in total. The maximum atomic E-state index is 5.88. The van der Waals surface area contributed by atoms with E-state index in [0.717, 1.165) is 26.2 Å². The number of ether oxygens (including phenoxy) is 2. The minimum atomic E-state index is 0.174. The molecule has 0 aliphatic carbocycles. The van der Waals surface area contributed by atoms with Crippen LogP contribution in [0.15, 0.2) is 30.3 Å². The third-order valence-corrected chi connectivity index (χ3v) is 3.09. The molecule has 94 valence electrons. The molecule has 0 spiro atoms. The molecule has 3 heteroatoms. The molecular weight excluding hydrogens is 214 g/mol. The van der Waals surface area contributed by atoms with Crippen molar-refractivity contribution in [3.63, 3.8) is 0 Å². The summed E-state index contributed by atoms with van der Waals surface area (Å²) in [5.74, 6) is 0. The molecule has 1 heterocycles. The molecule has 1 aliphatic heterocycles. The lowest BCUT2D eigenvalue weighted by molar-refractivity contribution is 0.00498. The molecule has 1 saturated heterocycles. The van der Waals surface area contributed by atoms with Crippen LogP contribution in [0.4, 0.5) is 0 Å². The zero-order valence-corrected chi connectivity index (χ0v) is 10.4. The van der Waals surface area contributed by atoms with E-state index in [4.69, 9.17) is 9.47 Å². The molecule has 2 atom stereocenters. The third kappa shape index (κ3) is 4.11. The Labute approximate surface area is 103 Å². The fraction of sp³-hybridized carbons (Fsp3) is 0.571. The quantitative estimate of drug-likeness (QED) is 0.865.